The Bertz CT molecular complexity index is 1360. The van der Waals surface area contributed by atoms with Crippen LogP contribution in [0.25, 0.3) is 21.8 Å². The van der Waals surface area contributed by atoms with Crippen molar-refractivity contribution in [3.8, 4) is 0 Å². The summed E-state index contributed by atoms with van der Waals surface area (Å²) in [4.78, 5) is 30.6. The van der Waals surface area contributed by atoms with Gasteiger partial charge in [0.25, 0.3) is 5.56 Å². The fourth-order valence-corrected chi connectivity index (χ4v) is 4.07. The maximum atomic E-state index is 13.2. The standard InChI is InChI=1S/C23H20N4O3/c1-14-10-11-19-17(12-14)21(15-6-2-4-8-18(15)24-19)23(29)30-13-27-22(28)16-7-3-5-9-20(16)25-26-27/h3,5,7,9-12H,2,4,6,8,13H2,1H3. The number of aryl methyl sites for hydroxylation is 2. The van der Waals surface area contributed by atoms with Crippen LogP contribution in [0.5, 0.6) is 0 Å². The molecule has 0 saturated carbocycles. The maximum absolute atomic E-state index is 13.2. The lowest BCUT2D eigenvalue weighted by Gasteiger charge is -2.20. The van der Waals surface area contributed by atoms with Crippen LogP contribution in [-0.4, -0.2) is 25.9 Å². The van der Waals surface area contributed by atoms with Crippen molar-refractivity contribution in [3.05, 3.63) is 75.2 Å². The molecule has 5 rings (SSSR count). The van der Waals surface area contributed by atoms with Crippen LogP contribution in [0.1, 0.15) is 40.0 Å². The predicted octanol–water partition coefficient (Wildman–Crippen LogP) is 3.34. The SMILES string of the molecule is Cc1ccc2nc3c(c(C(=O)OCn4nnc5ccccc5c4=O)c2c1)CCCC3. The molecule has 150 valence electrons. The quantitative estimate of drug-likeness (QED) is 0.490. The minimum Gasteiger partial charge on any atom is -0.439 e. The van der Waals surface area contributed by atoms with Crippen molar-refractivity contribution in [2.45, 2.75) is 39.3 Å². The van der Waals surface area contributed by atoms with Gasteiger partial charge in [-0.1, -0.05) is 29.0 Å². The first-order chi connectivity index (χ1) is 14.6. The number of carbonyl (C=O) groups excluding carboxylic acids is 1. The maximum Gasteiger partial charge on any atom is 0.340 e. The van der Waals surface area contributed by atoms with Gasteiger partial charge >= 0.3 is 5.97 Å². The normalized spacial score (nSPS) is 13.4. The number of pyridine rings is 1. The van der Waals surface area contributed by atoms with Gasteiger partial charge in [0, 0.05) is 11.1 Å². The number of hydrogen-bond acceptors (Lipinski definition) is 6. The van der Waals surface area contributed by atoms with Crippen LogP contribution in [0.4, 0.5) is 0 Å². The van der Waals surface area contributed by atoms with E-state index in [1.54, 1.807) is 24.3 Å². The molecular formula is C23H20N4O3. The van der Waals surface area contributed by atoms with Crippen molar-refractivity contribution < 1.29 is 9.53 Å². The number of benzene rings is 2. The van der Waals surface area contributed by atoms with Crippen molar-refractivity contribution in [1.82, 2.24) is 20.0 Å². The predicted molar refractivity (Wildman–Crippen MR) is 112 cm³/mol. The second kappa shape index (κ2) is 7.33. The molecule has 7 heteroatoms. The first-order valence-electron chi connectivity index (χ1n) is 10.0. The summed E-state index contributed by atoms with van der Waals surface area (Å²) in [5.41, 5.74) is 4.48. The van der Waals surface area contributed by atoms with Gasteiger partial charge in [-0.3, -0.25) is 9.78 Å². The van der Waals surface area contributed by atoms with Gasteiger partial charge < -0.3 is 4.74 Å². The summed E-state index contributed by atoms with van der Waals surface area (Å²) in [6, 6.07) is 12.9. The van der Waals surface area contributed by atoms with Gasteiger partial charge in [0.15, 0.2) is 6.73 Å². The number of ether oxygens (including phenoxy) is 1. The highest BCUT2D eigenvalue weighted by atomic mass is 16.5. The average molecular weight is 400 g/mol. The van der Waals surface area contributed by atoms with Crippen LogP contribution in [-0.2, 0) is 24.3 Å². The zero-order valence-corrected chi connectivity index (χ0v) is 16.6. The highest BCUT2D eigenvalue weighted by Gasteiger charge is 2.24. The summed E-state index contributed by atoms with van der Waals surface area (Å²) in [7, 11) is 0. The largest absolute Gasteiger partial charge is 0.439 e. The summed E-state index contributed by atoms with van der Waals surface area (Å²) in [5, 5.41) is 9.16. The minimum atomic E-state index is -0.465. The number of rotatable bonds is 3. The lowest BCUT2D eigenvalue weighted by atomic mass is 9.89. The molecule has 0 radical (unpaired) electrons. The smallest absolute Gasteiger partial charge is 0.340 e. The van der Waals surface area contributed by atoms with E-state index in [1.807, 2.05) is 25.1 Å². The van der Waals surface area contributed by atoms with Crippen molar-refractivity contribution in [2.75, 3.05) is 0 Å². The Morgan fingerprint density at radius 3 is 2.80 bits per heavy atom. The summed E-state index contributed by atoms with van der Waals surface area (Å²) in [6.45, 7) is 1.69. The lowest BCUT2D eigenvalue weighted by molar-refractivity contribution is 0.0336. The summed E-state index contributed by atoms with van der Waals surface area (Å²) in [6.07, 6.45) is 3.73. The van der Waals surface area contributed by atoms with Crippen molar-refractivity contribution in [3.63, 3.8) is 0 Å². The molecule has 7 nitrogen and oxygen atoms in total. The van der Waals surface area contributed by atoms with Crippen LogP contribution in [0.15, 0.2) is 47.3 Å². The van der Waals surface area contributed by atoms with E-state index < -0.39 is 5.97 Å². The third kappa shape index (κ3) is 3.12. The Hall–Kier alpha value is -3.61. The van der Waals surface area contributed by atoms with Gasteiger partial charge in [0.05, 0.1) is 16.5 Å². The second-order valence-electron chi connectivity index (χ2n) is 7.61. The van der Waals surface area contributed by atoms with Gasteiger partial charge in [-0.05, 0) is 62.4 Å². The van der Waals surface area contributed by atoms with Gasteiger partial charge in [-0.15, -0.1) is 5.10 Å². The van der Waals surface area contributed by atoms with Crippen molar-refractivity contribution >= 4 is 27.8 Å². The molecule has 0 spiro atoms. The van der Waals surface area contributed by atoms with Crippen molar-refractivity contribution in [2.24, 2.45) is 0 Å². The number of nitrogens with zero attached hydrogens (tertiary/aromatic N) is 4. The number of hydrogen-bond donors (Lipinski definition) is 0. The molecule has 0 unspecified atom stereocenters. The molecule has 0 amide bonds. The molecule has 1 aliphatic carbocycles. The highest BCUT2D eigenvalue weighted by molar-refractivity contribution is 6.05. The van der Waals surface area contributed by atoms with Crippen LogP contribution in [0, 0.1) is 6.92 Å². The molecule has 0 N–H and O–H groups in total. The van der Waals surface area contributed by atoms with Gasteiger partial charge in [-0.2, -0.15) is 4.68 Å². The highest BCUT2D eigenvalue weighted by Crippen LogP contribution is 2.30. The van der Waals surface area contributed by atoms with E-state index in [0.717, 1.165) is 58.1 Å². The Kier molecular flexibility index (Phi) is 4.50. The molecular weight excluding hydrogens is 380 g/mol. The summed E-state index contributed by atoms with van der Waals surface area (Å²) >= 11 is 0. The van der Waals surface area contributed by atoms with Crippen LogP contribution in [0.3, 0.4) is 0 Å². The van der Waals surface area contributed by atoms with Crippen LogP contribution >= 0.6 is 0 Å². The molecule has 30 heavy (non-hydrogen) atoms. The molecule has 4 aromatic rings. The number of fused-ring (bicyclic) bond motifs is 3. The van der Waals surface area contributed by atoms with E-state index in [-0.39, 0.29) is 12.3 Å². The Morgan fingerprint density at radius 2 is 1.90 bits per heavy atom. The Balaban J connectivity index is 1.53. The van der Waals surface area contributed by atoms with Crippen LogP contribution in [0.2, 0.25) is 0 Å². The minimum absolute atomic E-state index is 0.292. The number of esters is 1. The topological polar surface area (TPSA) is 87.0 Å². The number of carbonyl (C=O) groups is 1. The second-order valence-corrected chi connectivity index (χ2v) is 7.61. The number of aromatic nitrogens is 4. The van der Waals surface area contributed by atoms with Gasteiger partial charge in [-0.25, -0.2) is 4.79 Å². The fraction of sp³-hybridized carbons (Fsp3) is 0.261. The molecule has 0 fully saturated rings. The monoisotopic (exact) mass is 400 g/mol. The van der Waals surface area contributed by atoms with Gasteiger partial charge in [0.1, 0.15) is 5.52 Å². The van der Waals surface area contributed by atoms with E-state index in [9.17, 15) is 9.59 Å². The lowest BCUT2D eigenvalue weighted by Crippen LogP contribution is -2.27. The zero-order chi connectivity index (χ0) is 20.7. The molecule has 2 aromatic carbocycles. The van der Waals surface area contributed by atoms with E-state index >= 15 is 0 Å². The fourth-order valence-electron chi connectivity index (χ4n) is 4.07. The summed E-state index contributed by atoms with van der Waals surface area (Å²) < 4.78 is 6.62. The van der Waals surface area contributed by atoms with E-state index in [2.05, 4.69) is 10.3 Å². The Labute approximate surface area is 172 Å². The molecule has 0 saturated heterocycles. The molecule has 1 aliphatic rings. The van der Waals surface area contributed by atoms with E-state index in [0.29, 0.717) is 16.5 Å². The molecule has 2 heterocycles. The first kappa shape index (κ1) is 18.4. The Morgan fingerprint density at radius 1 is 1.07 bits per heavy atom. The molecule has 0 bridgehead atoms. The summed E-state index contributed by atoms with van der Waals surface area (Å²) in [5.74, 6) is -0.465. The average Bonchev–Trinajstić information content (AvgIpc) is 2.77. The zero-order valence-electron chi connectivity index (χ0n) is 16.6. The van der Waals surface area contributed by atoms with E-state index in [4.69, 9.17) is 9.72 Å². The van der Waals surface area contributed by atoms with Gasteiger partial charge in [0.2, 0.25) is 0 Å². The third-order valence-corrected chi connectivity index (χ3v) is 5.57. The molecule has 0 atom stereocenters. The first-order valence-corrected chi connectivity index (χ1v) is 10.0. The van der Waals surface area contributed by atoms with Crippen molar-refractivity contribution in [1.29, 1.82) is 0 Å². The molecule has 2 aromatic heterocycles. The van der Waals surface area contributed by atoms with E-state index in [1.165, 1.54) is 0 Å². The molecule has 0 aliphatic heterocycles. The third-order valence-electron chi connectivity index (χ3n) is 5.57. The van der Waals surface area contributed by atoms with Crippen LogP contribution < -0.4 is 5.56 Å².